The first-order chi connectivity index (χ1) is 13.6. The van der Waals surface area contributed by atoms with Gasteiger partial charge in [0, 0.05) is 16.0 Å². The highest BCUT2D eigenvalue weighted by Gasteiger charge is 2.20. The quantitative estimate of drug-likeness (QED) is 0.361. The Morgan fingerprint density at radius 3 is 2.71 bits per heavy atom. The van der Waals surface area contributed by atoms with E-state index in [1.54, 1.807) is 28.2 Å². The van der Waals surface area contributed by atoms with Gasteiger partial charge >= 0.3 is 0 Å². The van der Waals surface area contributed by atoms with E-state index in [1.165, 1.54) is 16.2 Å². The number of anilines is 1. The molecule has 0 radical (unpaired) electrons. The van der Waals surface area contributed by atoms with Crippen molar-refractivity contribution in [1.29, 1.82) is 0 Å². The number of hydrogen-bond acceptors (Lipinski definition) is 6. The molecule has 0 aliphatic heterocycles. The number of aryl methyl sites for hydroxylation is 1. The van der Waals surface area contributed by atoms with Crippen LogP contribution in [0, 0.1) is 13.8 Å². The fourth-order valence-electron chi connectivity index (χ4n) is 3.12. The molecule has 0 saturated carbocycles. The number of aromatic nitrogens is 2. The number of thiazole rings is 2. The van der Waals surface area contributed by atoms with Gasteiger partial charge in [0.2, 0.25) is 0 Å². The Hall–Kier alpha value is -2.61. The van der Waals surface area contributed by atoms with Gasteiger partial charge in [-0.3, -0.25) is 4.79 Å². The minimum atomic E-state index is -0.112. The molecule has 1 amide bonds. The van der Waals surface area contributed by atoms with E-state index in [-0.39, 0.29) is 5.91 Å². The summed E-state index contributed by atoms with van der Waals surface area (Å²) >= 11 is 4.79. The van der Waals surface area contributed by atoms with Gasteiger partial charge in [-0.05, 0) is 49.7 Å². The van der Waals surface area contributed by atoms with E-state index in [9.17, 15) is 4.79 Å². The molecular formula is C21H15N3OS3. The first-order valence-electron chi connectivity index (χ1n) is 8.70. The number of fused-ring (bicyclic) bond motifs is 2. The number of amides is 1. The van der Waals surface area contributed by atoms with Crippen LogP contribution < -0.4 is 5.32 Å². The summed E-state index contributed by atoms with van der Waals surface area (Å²) in [5.41, 5.74) is 6.52. The second-order valence-corrected chi connectivity index (χ2v) is 9.60. The number of para-hydroxylation sites is 1. The molecule has 1 N–H and O–H groups in total. The van der Waals surface area contributed by atoms with E-state index >= 15 is 0 Å². The van der Waals surface area contributed by atoms with Gasteiger partial charge in [-0.25, -0.2) is 9.97 Å². The number of nitrogens with one attached hydrogen (secondary N) is 1. The molecule has 5 rings (SSSR count). The van der Waals surface area contributed by atoms with Crippen LogP contribution in [0.15, 0.2) is 48.0 Å². The highest BCUT2D eigenvalue weighted by molar-refractivity contribution is 7.23. The van der Waals surface area contributed by atoms with Crippen molar-refractivity contribution in [2.45, 2.75) is 13.8 Å². The summed E-state index contributed by atoms with van der Waals surface area (Å²) in [4.78, 5) is 23.2. The average molecular weight is 422 g/mol. The topological polar surface area (TPSA) is 54.9 Å². The Morgan fingerprint density at radius 2 is 1.86 bits per heavy atom. The SMILES string of the molecule is Cc1sc(NC(=O)c2ccc3ncsc3c2)c(-c2nc3ccccc3s2)c1C. The average Bonchev–Trinajstić information content (AvgIpc) is 3.39. The molecule has 0 fully saturated rings. The van der Waals surface area contributed by atoms with Crippen molar-refractivity contribution in [3.8, 4) is 10.6 Å². The summed E-state index contributed by atoms with van der Waals surface area (Å²) in [7, 11) is 0. The smallest absolute Gasteiger partial charge is 0.256 e. The zero-order chi connectivity index (χ0) is 19.3. The standard InChI is InChI=1S/C21H15N3OS3/c1-11-12(2)27-21(18(11)20-23-15-5-3-4-6-16(15)28-20)24-19(25)13-7-8-14-17(9-13)26-10-22-14/h3-10H,1-2H3,(H,24,25). The number of nitrogens with zero attached hydrogens (tertiary/aromatic N) is 2. The fourth-order valence-corrected chi connectivity index (χ4v) is 6.04. The predicted molar refractivity (Wildman–Crippen MR) is 120 cm³/mol. The minimum absolute atomic E-state index is 0.112. The molecule has 0 aliphatic carbocycles. The molecule has 0 unspecified atom stereocenters. The van der Waals surface area contributed by atoms with E-state index < -0.39 is 0 Å². The number of thiophene rings is 1. The largest absolute Gasteiger partial charge is 0.313 e. The Bertz CT molecular complexity index is 1310. The number of carbonyl (C=O) groups excluding carboxylic acids is 1. The summed E-state index contributed by atoms with van der Waals surface area (Å²) in [6, 6.07) is 13.7. The lowest BCUT2D eigenvalue weighted by molar-refractivity contribution is 0.102. The number of benzene rings is 2. The van der Waals surface area contributed by atoms with Gasteiger partial charge < -0.3 is 5.32 Å². The van der Waals surface area contributed by atoms with Crippen molar-refractivity contribution in [2.24, 2.45) is 0 Å². The molecule has 3 heterocycles. The molecule has 4 nitrogen and oxygen atoms in total. The van der Waals surface area contributed by atoms with Gasteiger partial charge in [0.15, 0.2) is 0 Å². The van der Waals surface area contributed by atoms with Gasteiger partial charge in [0.1, 0.15) is 10.0 Å². The van der Waals surface area contributed by atoms with Crippen LogP contribution in [0.2, 0.25) is 0 Å². The Morgan fingerprint density at radius 1 is 1.00 bits per heavy atom. The van der Waals surface area contributed by atoms with Gasteiger partial charge in [0.25, 0.3) is 5.91 Å². The zero-order valence-electron chi connectivity index (χ0n) is 15.1. The lowest BCUT2D eigenvalue weighted by atomic mass is 10.1. The van der Waals surface area contributed by atoms with Crippen LogP contribution in [0.1, 0.15) is 20.8 Å². The van der Waals surface area contributed by atoms with E-state index in [4.69, 9.17) is 4.98 Å². The molecule has 0 spiro atoms. The fraction of sp³-hybridized carbons (Fsp3) is 0.0952. The summed E-state index contributed by atoms with van der Waals surface area (Å²) in [5.74, 6) is -0.112. The molecule has 0 atom stereocenters. The van der Waals surface area contributed by atoms with E-state index in [0.717, 1.165) is 41.6 Å². The number of hydrogen-bond donors (Lipinski definition) is 1. The summed E-state index contributed by atoms with van der Waals surface area (Å²) in [6.45, 7) is 4.17. The maximum Gasteiger partial charge on any atom is 0.256 e. The predicted octanol–water partition coefficient (Wildman–Crippen LogP) is 6.50. The summed E-state index contributed by atoms with van der Waals surface area (Å²) in [6.07, 6.45) is 0. The Balaban J connectivity index is 1.54. The molecule has 0 saturated heterocycles. The van der Waals surface area contributed by atoms with Gasteiger partial charge in [-0.1, -0.05) is 12.1 Å². The molecule has 138 valence electrons. The van der Waals surface area contributed by atoms with E-state index in [1.807, 2.05) is 36.4 Å². The molecule has 3 aromatic heterocycles. The summed E-state index contributed by atoms with van der Waals surface area (Å²) in [5, 5.41) is 4.91. The Labute approximate surface area is 173 Å². The first-order valence-corrected chi connectivity index (χ1v) is 11.2. The third-order valence-corrected chi connectivity index (χ3v) is 7.68. The monoisotopic (exact) mass is 421 g/mol. The van der Waals surface area contributed by atoms with Crippen molar-refractivity contribution in [3.63, 3.8) is 0 Å². The molecule has 2 aromatic carbocycles. The number of carbonyl (C=O) groups is 1. The summed E-state index contributed by atoms with van der Waals surface area (Å²) < 4.78 is 2.16. The van der Waals surface area contributed by atoms with Crippen LogP contribution in [0.3, 0.4) is 0 Å². The normalized spacial score (nSPS) is 11.4. The van der Waals surface area contributed by atoms with Crippen LogP contribution in [-0.4, -0.2) is 15.9 Å². The van der Waals surface area contributed by atoms with Crippen LogP contribution >= 0.6 is 34.0 Å². The molecule has 5 aromatic rings. The van der Waals surface area contributed by atoms with Crippen molar-refractivity contribution in [1.82, 2.24) is 9.97 Å². The van der Waals surface area contributed by atoms with Crippen LogP contribution in [0.5, 0.6) is 0 Å². The van der Waals surface area contributed by atoms with Gasteiger partial charge in [-0.2, -0.15) is 0 Å². The second kappa shape index (κ2) is 6.77. The highest BCUT2D eigenvalue weighted by atomic mass is 32.1. The molecule has 7 heteroatoms. The van der Waals surface area contributed by atoms with E-state index in [2.05, 4.69) is 30.2 Å². The molecule has 0 aliphatic rings. The van der Waals surface area contributed by atoms with Crippen molar-refractivity contribution in [3.05, 3.63) is 64.0 Å². The third-order valence-electron chi connectivity index (χ3n) is 4.71. The van der Waals surface area contributed by atoms with Crippen LogP contribution in [0.4, 0.5) is 5.00 Å². The van der Waals surface area contributed by atoms with Crippen molar-refractivity contribution < 1.29 is 4.79 Å². The third kappa shape index (κ3) is 2.92. The number of rotatable bonds is 3. The molecule has 28 heavy (non-hydrogen) atoms. The van der Waals surface area contributed by atoms with Crippen molar-refractivity contribution in [2.75, 3.05) is 5.32 Å². The van der Waals surface area contributed by atoms with Gasteiger partial charge in [0.05, 0.1) is 25.9 Å². The Kier molecular flexibility index (Phi) is 4.23. The highest BCUT2D eigenvalue weighted by Crippen LogP contribution is 2.43. The van der Waals surface area contributed by atoms with E-state index in [0.29, 0.717) is 5.56 Å². The molecular weight excluding hydrogens is 406 g/mol. The van der Waals surface area contributed by atoms with Gasteiger partial charge in [-0.15, -0.1) is 34.0 Å². The second-order valence-electron chi connectivity index (χ2n) is 6.46. The lowest BCUT2D eigenvalue weighted by Crippen LogP contribution is -2.11. The minimum Gasteiger partial charge on any atom is -0.313 e. The van der Waals surface area contributed by atoms with Crippen molar-refractivity contribution >= 4 is 65.4 Å². The van der Waals surface area contributed by atoms with Crippen LogP contribution in [0.25, 0.3) is 31.0 Å². The maximum atomic E-state index is 12.9. The first kappa shape index (κ1) is 17.5. The maximum absolute atomic E-state index is 12.9. The van der Waals surface area contributed by atoms with Crippen LogP contribution in [-0.2, 0) is 0 Å². The lowest BCUT2D eigenvalue weighted by Gasteiger charge is -2.06. The zero-order valence-corrected chi connectivity index (χ0v) is 17.6. The molecule has 0 bridgehead atoms.